The Balaban J connectivity index is 1.75. The van der Waals surface area contributed by atoms with Crippen molar-refractivity contribution in [3.8, 4) is 0 Å². The number of esters is 2. The molecule has 3 N–H and O–H groups in total. The van der Waals surface area contributed by atoms with E-state index in [1.165, 1.54) is 11.1 Å². The molecule has 1 aromatic heterocycles. The van der Waals surface area contributed by atoms with Crippen molar-refractivity contribution in [2.45, 2.75) is 187 Å². The maximum Gasteiger partial charge on any atom is 0.306 e. The average molecular weight is 872 g/mol. The third-order valence-corrected chi connectivity index (χ3v) is 12.5. The molecule has 60 heavy (non-hydrogen) atoms. The Morgan fingerprint density at radius 1 is 0.817 bits per heavy atom. The molecular formula is C46H82NO12P. The highest BCUT2D eigenvalue weighted by Crippen LogP contribution is 2.39. The van der Waals surface area contributed by atoms with Gasteiger partial charge in [-0.1, -0.05) is 90.2 Å². The fourth-order valence-corrected chi connectivity index (χ4v) is 8.41. The third-order valence-electron chi connectivity index (χ3n) is 11.6. The van der Waals surface area contributed by atoms with Crippen LogP contribution in [0.25, 0.3) is 0 Å². The molecule has 13 nitrogen and oxygen atoms in total. The lowest BCUT2D eigenvalue weighted by molar-refractivity contribution is -0.870. The number of carbonyl (C=O) groups excluding carboxylic acids is 2. The first-order chi connectivity index (χ1) is 28.5. The Kier molecular flexibility index (Phi) is 26.4. The van der Waals surface area contributed by atoms with Crippen LogP contribution in [0.5, 0.6) is 0 Å². The van der Waals surface area contributed by atoms with Gasteiger partial charge in [0.05, 0.1) is 46.1 Å². The van der Waals surface area contributed by atoms with E-state index in [9.17, 15) is 34.4 Å². The number of hydrogen-bond donors (Lipinski definition) is 3. The molecule has 0 radical (unpaired) electrons. The summed E-state index contributed by atoms with van der Waals surface area (Å²) in [4.78, 5) is 37.9. The number of aryl methyl sites for hydroxylation is 2. The second-order valence-electron chi connectivity index (χ2n) is 18.0. The molecule has 0 amide bonds. The van der Waals surface area contributed by atoms with Crippen molar-refractivity contribution in [3.05, 3.63) is 34.8 Å². The summed E-state index contributed by atoms with van der Waals surface area (Å²) in [6.07, 6.45) is 17.4. The van der Waals surface area contributed by atoms with Gasteiger partial charge < -0.3 is 47.6 Å². The van der Waals surface area contributed by atoms with Gasteiger partial charge in [0.1, 0.15) is 31.3 Å². The SMILES string of the molecule is CCCCC[C@H](O)/C=C/[C@@H]1[C@@H](CCCCCCC(=O)OC[C@H](COP(=O)([O-])OCC[N+](C)(C)C)OC(=O)CCCCCCCCc2oc(CCC)c(C)c2C)[C@@H](O)C[C@H]1O. The minimum absolute atomic E-state index is 0.0735. The van der Waals surface area contributed by atoms with E-state index in [4.69, 9.17) is 22.9 Å². The van der Waals surface area contributed by atoms with Crippen LogP contribution in [-0.4, -0.2) is 104 Å². The van der Waals surface area contributed by atoms with E-state index in [1.54, 1.807) is 6.08 Å². The van der Waals surface area contributed by atoms with Crippen molar-refractivity contribution in [3.63, 3.8) is 0 Å². The van der Waals surface area contributed by atoms with Gasteiger partial charge in [0.2, 0.25) is 0 Å². The summed E-state index contributed by atoms with van der Waals surface area (Å²) in [5.74, 6) is 0.903. The monoisotopic (exact) mass is 872 g/mol. The quantitative estimate of drug-likeness (QED) is 0.0200. The first-order valence-corrected chi connectivity index (χ1v) is 24.5. The maximum atomic E-state index is 12.8. The van der Waals surface area contributed by atoms with Crippen LogP contribution in [0.2, 0.25) is 0 Å². The Hall–Kier alpha value is -2.09. The zero-order chi connectivity index (χ0) is 44.6. The highest BCUT2D eigenvalue weighted by molar-refractivity contribution is 7.45. The minimum atomic E-state index is -4.69. The lowest BCUT2D eigenvalue weighted by atomic mass is 9.88. The molecule has 1 fully saturated rings. The molecule has 1 aliphatic carbocycles. The molecule has 1 aromatic rings. The molecule has 1 saturated carbocycles. The van der Waals surface area contributed by atoms with Gasteiger partial charge in [0, 0.05) is 38.0 Å². The number of nitrogens with zero attached hydrogens (tertiary/aromatic N) is 1. The Morgan fingerprint density at radius 2 is 1.43 bits per heavy atom. The molecule has 1 unspecified atom stereocenters. The van der Waals surface area contributed by atoms with Crippen LogP contribution < -0.4 is 4.89 Å². The van der Waals surface area contributed by atoms with Gasteiger partial charge in [-0.15, -0.1) is 0 Å². The normalized spacial score (nSPS) is 20.4. The van der Waals surface area contributed by atoms with E-state index in [1.807, 2.05) is 27.2 Å². The van der Waals surface area contributed by atoms with Gasteiger partial charge in [-0.05, 0) is 69.4 Å². The van der Waals surface area contributed by atoms with E-state index in [0.29, 0.717) is 36.7 Å². The van der Waals surface area contributed by atoms with Gasteiger partial charge in [-0.3, -0.25) is 14.2 Å². The van der Waals surface area contributed by atoms with Gasteiger partial charge in [0.15, 0.2) is 6.10 Å². The number of unbranched alkanes of at least 4 members (excludes halogenated alkanes) is 10. The lowest BCUT2D eigenvalue weighted by Crippen LogP contribution is -2.37. The molecule has 0 spiro atoms. The molecular weight excluding hydrogens is 789 g/mol. The molecule has 7 atom stereocenters. The van der Waals surface area contributed by atoms with Gasteiger partial charge in [-0.25, -0.2) is 0 Å². The number of quaternary nitrogens is 1. The number of phosphoric acid groups is 1. The van der Waals surface area contributed by atoms with Crippen LogP contribution in [0.3, 0.4) is 0 Å². The molecule has 0 aliphatic heterocycles. The Morgan fingerprint density at radius 3 is 2.08 bits per heavy atom. The predicted molar refractivity (Wildman–Crippen MR) is 232 cm³/mol. The summed E-state index contributed by atoms with van der Waals surface area (Å²) >= 11 is 0. The molecule has 0 saturated heterocycles. The number of aliphatic hydroxyl groups excluding tert-OH is 3. The molecule has 2 rings (SSSR count). The number of phosphoric ester groups is 1. The van der Waals surface area contributed by atoms with Crippen molar-refractivity contribution in [2.24, 2.45) is 11.8 Å². The van der Waals surface area contributed by atoms with E-state index in [2.05, 4.69) is 27.7 Å². The second-order valence-corrected chi connectivity index (χ2v) is 19.4. The second kappa shape index (κ2) is 29.3. The van der Waals surface area contributed by atoms with Crippen molar-refractivity contribution in [2.75, 3.05) is 47.5 Å². The molecule has 1 heterocycles. The topological polar surface area (TPSA) is 185 Å². The van der Waals surface area contributed by atoms with Gasteiger partial charge in [-0.2, -0.15) is 0 Å². The highest BCUT2D eigenvalue weighted by Gasteiger charge is 2.39. The van der Waals surface area contributed by atoms with Crippen molar-refractivity contribution in [1.82, 2.24) is 0 Å². The summed E-state index contributed by atoms with van der Waals surface area (Å²) in [6, 6.07) is 0. The van der Waals surface area contributed by atoms with Crippen molar-refractivity contribution < 1.29 is 61.8 Å². The number of furan rings is 1. The predicted octanol–water partition coefficient (Wildman–Crippen LogP) is 7.98. The number of likely N-dealkylation sites (N-methyl/N-ethyl adjacent to an activating group) is 1. The smallest absolute Gasteiger partial charge is 0.306 e. The van der Waals surface area contributed by atoms with Crippen LogP contribution >= 0.6 is 7.82 Å². The Bertz CT molecular complexity index is 1420. The van der Waals surface area contributed by atoms with Crippen molar-refractivity contribution in [1.29, 1.82) is 0 Å². The van der Waals surface area contributed by atoms with Crippen LogP contribution in [0.4, 0.5) is 0 Å². The molecule has 0 bridgehead atoms. The molecule has 14 heteroatoms. The van der Waals surface area contributed by atoms with Gasteiger partial charge >= 0.3 is 11.9 Å². The van der Waals surface area contributed by atoms with Crippen LogP contribution in [-0.2, 0) is 45.5 Å². The average Bonchev–Trinajstić information content (AvgIpc) is 3.60. The number of rotatable bonds is 34. The number of ether oxygens (including phenoxy) is 2. The van der Waals surface area contributed by atoms with E-state index in [0.717, 1.165) is 108 Å². The fourth-order valence-electron chi connectivity index (χ4n) is 7.68. The highest BCUT2D eigenvalue weighted by atomic mass is 31.2. The number of hydrogen-bond acceptors (Lipinski definition) is 12. The van der Waals surface area contributed by atoms with E-state index < -0.39 is 50.8 Å². The first kappa shape index (κ1) is 54.0. The summed E-state index contributed by atoms with van der Waals surface area (Å²) < 4.78 is 40.1. The van der Waals surface area contributed by atoms with Crippen LogP contribution in [0.15, 0.2) is 16.6 Å². The summed E-state index contributed by atoms with van der Waals surface area (Å²) in [5.41, 5.74) is 2.54. The molecule has 348 valence electrons. The third kappa shape index (κ3) is 22.8. The molecule has 0 aromatic carbocycles. The van der Waals surface area contributed by atoms with E-state index >= 15 is 0 Å². The fraction of sp³-hybridized carbons (Fsp3) is 0.826. The molecule has 1 aliphatic rings. The summed E-state index contributed by atoms with van der Waals surface area (Å²) in [5, 5.41) is 31.4. The zero-order valence-electron chi connectivity index (χ0n) is 38.2. The summed E-state index contributed by atoms with van der Waals surface area (Å²) in [7, 11) is 1.02. The lowest BCUT2D eigenvalue weighted by Gasteiger charge is -2.28. The van der Waals surface area contributed by atoms with Crippen LogP contribution in [0.1, 0.15) is 158 Å². The Labute approximate surface area is 361 Å². The number of aliphatic hydroxyl groups is 3. The van der Waals surface area contributed by atoms with Gasteiger partial charge in [0.25, 0.3) is 7.82 Å². The van der Waals surface area contributed by atoms with Crippen molar-refractivity contribution >= 4 is 19.8 Å². The standard InChI is InChI=1S/C46H82NO12P/c1-8-10-17-23-37(48)28-29-40-39(41(49)32-42(40)50)24-18-15-16-20-26-45(51)55-33-38(34-57-60(53,54)56-31-30-47(5,6)7)58-46(52)27-21-14-12-11-13-19-25-44-36(4)35(3)43(59-44)22-9-2/h28-29,37-42,48-50H,8-27,30-34H2,1-7H3/b29-28+/t37-,38+,39+,40+,41-,42+/m0/s1. The zero-order valence-corrected chi connectivity index (χ0v) is 39.1. The maximum absolute atomic E-state index is 12.8. The van der Waals surface area contributed by atoms with Crippen LogP contribution in [0, 0.1) is 25.7 Å². The van der Waals surface area contributed by atoms with E-state index in [-0.39, 0.29) is 37.9 Å². The first-order valence-electron chi connectivity index (χ1n) is 23.0. The number of carbonyl (C=O) groups is 2. The summed E-state index contributed by atoms with van der Waals surface area (Å²) in [6.45, 7) is 8.02. The largest absolute Gasteiger partial charge is 0.756 e. The minimum Gasteiger partial charge on any atom is -0.756 e.